The highest BCUT2D eigenvalue weighted by atomic mass is 16.6. The molecule has 0 fully saturated rings. The molecule has 0 aliphatic heterocycles. The molecule has 0 radical (unpaired) electrons. The first-order chi connectivity index (χ1) is 12.3. The lowest BCUT2D eigenvalue weighted by atomic mass is 10.1. The molecule has 0 aliphatic rings. The second-order valence-electron chi connectivity index (χ2n) is 5.75. The number of aromatic nitrogens is 2. The number of aromatic amines is 2. The standard InChI is InChI=1S/C15H19N5O6/c16-4-2-1-3-10(15(23)24)17-7-8-5-9(20(25)26)6-11-12(8)19-14(22)13(21)18-11/h5-6,10,17H,1-4,7,16H2,(H,18,21)(H,19,22)(H,23,24)/t10-/m1/s1. The quantitative estimate of drug-likeness (QED) is 0.175. The molecular weight excluding hydrogens is 346 g/mol. The zero-order valence-electron chi connectivity index (χ0n) is 13.8. The number of carboxylic acids is 1. The molecule has 0 saturated carbocycles. The topological polar surface area (TPSA) is 184 Å². The maximum Gasteiger partial charge on any atom is 0.320 e. The third kappa shape index (κ3) is 4.52. The molecule has 0 bridgehead atoms. The van der Waals surface area contributed by atoms with Crippen LogP contribution in [0.1, 0.15) is 24.8 Å². The van der Waals surface area contributed by atoms with Gasteiger partial charge in [0.1, 0.15) is 6.04 Å². The molecule has 1 aromatic heterocycles. The first-order valence-electron chi connectivity index (χ1n) is 7.93. The zero-order chi connectivity index (χ0) is 19.3. The predicted molar refractivity (Wildman–Crippen MR) is 93.0 cm³/mol. The summed E-state index contributed by atoms with van der Waals surface area (Å²) in [5.41, 5.74) is 3.88. The third-order valence-corrected chi connectivity index (χ3v) is 3.89. The first kappa shape index (κ1) is 19.3. The highest BCUT2D eigenvalue weighted by Crippen LogP contribution is 2.21. The van der Waals surface area contributed by atoms with Crippen LogP contribution in [0.4, 0.5) is 5.69 Å². The number of carbonyl (C=O) groups is 1. The number of H-pyrrole nitrogens is 2. The molecule has 0 amide bonds. The molecule has 2 rings (SSSR count). The molecule has 1 aromatic carbocycles. The van der Waals surface area contributed by atoms with Crippen molar-refractivity contribution in [2.45, 2.75) is 31.8 Å². The van der Waals surface area contributed by atoms with E-state index in [0.29, 0.717) is 31.4 Å². The Kier molecular flexibility index (Phi) is 6.20. The average Bonchev–Trinajstić information content (AvgIpc) is 2.58. The molecule has 0 aliphatic carbocycles. The Labute approximate surface area is 146 Å². The highest BCUT2D eigenvalue weighted by Gasteiger charge is 2.19. The summed E-state index contributed by atoms with van der Waals surface area (Å²) in [4.78, 5) is 49.5. The summed E-state index contributed by atoms with van der Waals surface area (Å²) in [6, 6.07) is 1.49. The monoisotopic (exact) mass is 365 g/mol. The van der Waals surface area contributed by atoms with E-state index in [1.807, 2.05) is 0 Å². The summed E-state index contributed by atoms with van der Waals surface area (Å²) in [6.07, 6.45) is 1.63. The fourth-order valence-electron chi connectivity index (χ4n) is 2.56. The van der Waals surface area contributed by atoms with Gasteiger partial charge in [-0.25, -0.2) is 0 Å². The van der Waals surface area contributed by atoms with E-state index in [1.165, 1.54) is 6.07 Å². The Hall–Kier alpha value is -3.05. The van der Waals surface area contributed by atoms with Crippen LogP contribution in [-0.2, 0) is 11.3 Å². The number of non-ortho nitro benzene ring substituents is 1. The number of nitrogens with zero attached hydrogens (tertiary/aromatic N) is 1. The van der Waals surface area contributed by atoms with Gasteiger partial charge in [-0.2, -0.15) is 0 Å². The van der Waals surface area contributed by atoms with Gasteiger partial charge in [-0.3, -0.25) is 24.5 Å². The summed E-state index contributed by atoms with van der Waals surface area (Å²) >= 11 is 0. The number of nitro groups is 1. The van der Waals surface area contributed by atoms with Crippen LogP contribution in [0.5, 0.6) is 0 Å². The molecule has 0 unspecified atom stereocenters. The van der Waals surface area contributed by atoms with Crippen LogP contribution in [-0.4, -0.2) is 38.6 Å². The molecule has 1 heterocycles. The Morgan fingerprint density at radius 2 is 1.96 bits per heavy atom. The van der Waals surface area contributed by atoms with Gasteiger partial charge >= 0.3 is 17.1 Å². The molecule has 2 aromatic rings. The van der Waals surface area contributed by atoms with Gasteiger partial charge in [0, 0.05) is 18.7 Å². The lowest BCUT2D eigenvalue weighted by molar-refractivity contribution is -0.384. The number of unbranched alkanes of at least 4 members (excludes halogenated alkanes) is 1. The van der Waals surface area contributed by atoms with Crippen molar-refractivity contribution in [2.75, 3.05) is 6.54 Å². The van der Waals surface area contributed by atoms with Crippen molar-refractivity contribution in [3.05, 3.63) is 48.5 Å². The second kappa shape index (κ2) is 8.36. The SMILES string of the molecule is NCCCC[C@@H](NCc1cc([N+](=O)[O-])cc2[nH]c(=O)c(=O)[nH]c12)C(=O)O. The van der Waals surface area contributed by atoms with E-state index < -0.39 is 28.1 Å². The number of carboxylic acid groups (broad SMARTS) is 1. The van der Waals surface area contributed by atoms with Crippen molar-refractivity contribution in [1.29, 1.82) is 0 Å². The van der Waals surface area contributed by atoms with Crippen LogP contribution in [0.25, 0.3) is 11.0 Å². The number of nitrogens with two attached hydrogens (primary N) is 1. The molecule has 1 atom stereocenters. The van der Waals surface area contributed by atoms with Crippen molar-refractivity contribution in [3.8, 4) is 0 Å². The van der Waals surface area contributed by atoms with E-state index in [9.17, 15) is 29.6 Å². The Morgan fingerprint density at radius 1 is 1.27 bits per heavy atom. The molecule has 11 heteroatoms. The lowest BCUT2D eigenvalue weighted by Crippen LogP contribution is -2.36. The van der Waals surface area contributed by atoms with Gasteiger partial charge in [-0.1, -0.05) is 6.42 Å². The molecule has 26 heavy (non-hydrogen) atoms. The number of rotatable bonds is 9. The molecule has 11 nitrogen and oxygen atoms in total. The van der Waals surface area contributed by atoms with E-state index in [1.54, 1.807) is 0 Å². The zero-order valence-corrected chi connectivity index (χ0v) is 13.8. The van der Waals surface area contributed by atoms with Crippen LogP contribution in [0.2, 0.25) is 0 Å². The van der Waals surface area contributed by atoms with Gasteiger partial charge in [0.25, 0.3) is 5.69 Å². The number of aliphatic carboxylic acids is 1. The van der Waals surface area contributed by atoms with Gasteiger partial charge in [0.05, 0.1) is 16.0 Å². The molecule has 0 spiro atoms. The van der Waals surface area contributed by atoms with Gasteiger partial charge in [0.15, 0.2) is 0 Å². The Balaban J connectivity index is 2.36. The van der Waals surface area contributed by atoms with Gasteiger partial charge in [-0.15, -0.1) is 0 Å². The summed E-state index contributed by atoms with van der Waals surface area (Å²) in [6.45, 7) is 0.413. The summed E-state index contributed by atoms with van der Waals surface area (Å²) in [5.74, 6) is -1.06. The highest BCUT2D eigenvalue weighted by molar-refractivity contribution is 5.80. The summed E-state index contributed by atoms with van der Waals surface area (Å²) < 4.78 is 0. The number of nitrogens with one attached hydrogen (secondary N) is 3. The van der Waals surface area contributed by atoms with E-state index in [-0.39, 0.29) is 23.3 Å². The van der Waals surface area contributed by atoms with Crippen molar-refractivity contribution in [1.82, 2.24) is 15.3 Å². The van der Waals surface area contributed by atoms with E-state index >= 15 is 0 Å². The maximum absolute atomic E-state index is 11.6. The summed E-state index contributed by atoms with van der Waals surface area (Å²) in [5, 5.41) is 23.2. The lowest BCUT2D eigenvalue weighted by Gasteiger charge is -2.15. The number of fused-ring (bicyclic) bond motifs is 1. The van der Waals surface area contributed by atoms with Crippen molar-refractivity contribution in [2.24, 2.45) is 5.73 Å². The normalized spacial score (nSPS) is 12.2. The molecule has 140 valence electrons. The van der Waals surface area contributed by atoms with Crippen LogP contribution >= 0.6 is 0 Å². The minimum Gasteiger partial charge on any atom is -0.480 e. The number of hydrogen-bond acceptors (Lipinski definition) is 7. The van der Waals surface area contributed by atoms with E-state index in [2.05, 4.69) is 15.3 Å². The Bertz CT molecular complexity index is 934. The van der Waals surface area contributed by atoms with Crippen LogP contribution in [0.15, 0.2) is 21.7 Å². The molecule has 6 N–H and O–H groups in total. The second-order valence-corrected chi connectivity index (χ2v) is 5.75. The smallest absolute Gasteiger partial charge is 0.320 e. The molecular formula is C15H19N5O6. The Morgan fingerprint density at radius 3 is 2.58 bits per heavy atom. The van der Waals surface area contributed by atoms with E-state index in [0.717, 1.165) is 6.07 Å². The largest absolute Gasteiger partial charge is 0.480 e. The average molecular weight is 365 g/mol. The van der Waals surface area contributed by atoms with Crippen molar-refractivity contribution >= 4 is 22.7 Å². The predicted octanol–water partition coefficient (Wildman–Crippen LogP) is -0.204. The van der Waals surface area contributed by atoms with E-state index in [4.69, 9.17) is 5.73 Å². The molecule has 0 saturated heterocycles. The van der Waals surface area contributed by atoms with Gasteiger partial charge in [-0.05, 0) is 24.9 Å². The van der Waals surface area contributed by atoms with Crippen LogP contribution < -0.4 is 22.2 Å². The van der Waals surface area contributed by atoms with Crippen LogP contribution in [0.3, 0.4) is 0 Å². The van der Waals surface area contributed by atoms with Crippen LogP contribution in [0, 0.1) is 10.1 Å². The summed E-state index contributed by atoms with van der Waals surface area (Å²) in [7, 11) is 0. The van der Waals surface area contributed by atoms with Crippen molar-refractivity contribution < 1.29 is 14.8 Å². The minimum absolute atomic E-state index is 0.0419. The third-order valence-electron chi connectivity index (χ3n) is 3.89. The van der Waals surface area contributed by atoms with Crippen molar-refractivity contribution in [3.63, 3.8) is 0 Å². The maximum atomic E-state index is 11.6. The minimum atomic E-state index is -1.06. The van der Waals surface area contributed by atoms with Gasteiger partial charge in [0.2, 0.25) is 0 Å². The fraction of sp³-hybridized carbons (Fsp3) is 0.400. The van der Waals surface area contributed by atoms with Gasteiger partial charge < -0.3 is 26.1 Å². The first-order valence-corrected chi connectivity index (χ1v) is 7.93. The fourth-order valence-corrected chi connectivity index (χ4v) is 2.56. The number of benzene rings is 1. The number of nitro benzene ring substituents is 1. The number of hydrogen-bond donors (Lipinski definition) is 5.